The lowest BCUT2D eigenvalue weighted by Gasteiger charge is -2.18. The summed E-state index contributed by atoms with van der Waals surface area (Å²) in [4.78, 5) is 8.62. The first-order valence-electron chi connectivity index (χ1n) is 6.74. The van der Waals surface area contributed by atoms with Crippen molar-refractivity contribution in [3.63, 3.8) is 0 Å². The maximum atomic E-state index is 5.30. The molecule has 4 heteroatoms. The van der Waals surface area contributed by atoms with Gasteiger partial charge in [0.15, 0.2) is 0 Å². The molecule has 0 bridgehead atoms. The molecule has 1 atom stereocenters. The van der Waals surface area contributed by atoms with E-state index < -0.39 is 0 Å². The predicted octanol–water partition coefficient (Wildman–Crippen LogP) is 2.61. The summed E-state index contributed by atoms with van der Waals surface area (Å²) in [5, 5.41) is 3.29. The maximum Gasteiger partial charge on any atom is 0.237 e. The SMILES string of the molecule is CNC(Cc1ccc(C)c(C)c1)c1nccnc1OC. The average Bonchev–Trinajstić information content (AvgIpc) is 2.48. The molecule has 1 unspecified atom stereocenters. The van der Waals surface area contributed by atoms with Crippen LogP contribution in [0.5, 0.6) is 5.88 Å². The second-order valence-corrected chi connectivity index (χ2v) is 4.91. The molecule has 4 nitrogen and oxygen atoms in total. The highest BCUT2D eigenvalue weighted by atomic mass is 16.5. The second-order valence-electron chi connectivity index (χ2n) is 4.91. The van der Waals surface area contributed by atoms with E-state index in [4.69, 9.17) is 4.74 Å². The smallest absolute Gasteiger partial charge is 0.237 e. The third kappa shape index (κ3) is 3.14. The van der Waals surface area contributed by atoms with Crippen molar-refractivity contribution < 1.29 is 4.74 Å². The molecule has 0 aliphatic heterocycles. The minimum atomic E-state index is 0.0840. The number of ether oxygens (including phenoxy) is 1. The summed E-state index contributed by atoms with van der Waals surface area (Å²) >= 11 is 0. The number of hydrogen-bond acceptors (Lipinski definition) is 4. The lowest BCUT2D eigenvalue weighted by atomic mass is 9.99. The van der Waals surface area contributed by atoms with Crippen molar-refractivity contribution in [1.29, 1.82) is 0 Å². The Morgan fingerprint density at radius 2 is 1.90 bits per heavy atom. The standard InChI is InChI=1S/C16H21N3O/c1-11-5-6-13(9-12(11)2)10-14(17-3)15-16(20-4)19-8-7-18-15/h5-9,14,17H,10H2,1-4H3. The fourth-order valence-corrected chi connectivity index (χ4v) is 2.23. The Hall–Kier alpha value is -1.94. The van der Waals surface area contributed by atoms with Gasteiger partial charge in [-0.3, -0.25) is 4.98 Å². The molecular formula is C16H21N3O. The topological polar surface area (TPSA) is 47.0 Å². The second kappa shape index (κ2) is 6.48. The number of aromatic nitrogens is 2. The molecule has 0 fully saturated rings. The zero-order valence-corrected chi connectivity index (χ0v) is 12.5. The molecule has 20 heavy (non-hydrogen) atoms. The molecule has 0 saturated carbocycles. The highest BCUT2D eigenvalue weighted by Crippen LogP contribution is 2.23. The van der Waals surface area contributed by atoms with Gasteiger partial charge in [0.2, 0.25) is 5.88 Å². The quantitative estimate of drug-likeness (QED) is 0.908. The molecule has 1 heterocycles. The monoisotopic (exact) mass is 271 g/mol. The largest absolute Gasteiger partial charge is 0.480 e. The number of rotatable bonds is 5. The van der Waals surface area contributed by atoms with Gasteiger partial charge >= 0.3 is 0 Å². The molecule has 106 valence electrons. The Kier molecular flexibility index (Phi) is 4.69. The molecule has 1 aromatic heterocycles. The van der Waals surface area contributed by atoms with Crippen molar-refractivity contribution in [2.24, 2.45) is 0 Å². The highest BCUT2D eigenvalue weighted by Gasteiger charge is 2.17. The fourth-order valence-electron chi connectivity index (χ4n) is 2.23. The van der Waals surface area contributed by atoms with Crippen LogP contribution in [-0.2, 0) is 6.42 Å². The van der Waals surface area contributed by atoms with Crippen molar-refractivity contribution in [2.45, 2.75) is 26.3 Å². The van der Waals surface area contributed by atoms with Crippen molar-refractivity contribution >= 4 is 0 Å². The number of benzene rings is 1. The molecule has 1 N–H and O–H groups in total. The van der Waals surface area contributed by atoms with E-state index in [-0.39, 0.29) is 6.04 Å². The van der Waals surface area contributed by atoms with Crippen LogP contribution in [0.3, 0.4) is 0 Å². The van der Waals surface area contributed by atoms with E-state index in [1.54, 1.807) is 19.5 Å². The number of likely N-dealkylation sites (N-methyl/N-ethyl adjacent to an activating group) is 1. The molecule has 1 aromatic carbocycles. The first-order chi connectivity index (χ1) is 9.65. The van der Waals surface area contributed by atoms with Crippen LogP contribution in [0.1, 0.15) is 28.4 Å². The highest BCUT2D eigenvalue weighted by molar-refractivity contribution is 5.32. The van der Waals surface area contributed by atoms with Crippen molar-refractivity contribution in [2.75, 3.05) is 14.2 Å². The van der Waals surface area contributed by atoms with E-state index in [2.05, 4.69) is 47.3 Å². The summed E-state index contributed by atoms with van der Waals surface area (Å²) in [6.07, 6.45) is 4.19. The number of methoxy groups -OCH3 is 1. The van der Waals surface area contributed by atoms with E-state index in [1.807, 2.05) is 7.05 Å². The third-order valence-corrected chi connectivity index (χ3v) is 3.57. The van der Waals surface area contributed by atoms with Crippen LogP contribution in [0, 0.1) is 13.8 Å². The lowest BCUT2D eigenvalue weighted by Crippen LogP contribution is -2.21. The molecule has 2 rings (SSSR count). The van der Waals surface area contributed by atoms with Crippen molar-refractivity contribution in [3.8, 4) is 5.88 Å². The number of nitrogens with one attached hydrogen (secondary N) is 1. The number of nitrogens with zero attached hydrogens (tertiary/aromatic N) is 2. The minimum Gasteiger partial charge on any atom is -0.480 e. The molecule has 0 aliphatic rings. The summed E-state index contributed by atoms with van der Waals surface area (Å²) in [5.74, 6) is 0.579. The van der Waals surface area contributed by atoms with Gasteiger partial charge in [-0.1, -0.05) is 18.2 Å². The average molecular weight is 271 g/mol. The molecule has 2 aromatic rings. The van der Waals surface area contributed by atoms with Crippen molar-refractivity contribution in [1.82, 2.24) is 15.3 Å². The predicted molar refractivity (Wildman–Crippen MR) is 80.0 cm³/mol. The van der Waals surface area contributed by atoms with E-state index in [1.165, 1.54) is 16.7 Å². The Morgan fingerprint density at radius 3 is 2.55 bits per heavy atom. The molecule has 0 spiro atoms. The molecule has 0 saturated heterocycles. The van der Waals surface area contributed by atoms with Crippen LogP contribution in [0.4, 0.5) is 0 Å². The third-order valence-electron chi connectivity index (χ3n) is 3.57. The summed E-state index contributed by atoms with van der Waals surface area (Å²) in [6, 6.07) is 6.63. The van der Waals surface area contributed by atoms with Gasteiger partial charge in [0.05, 0.1) is 13.2 Å². The fraction of sp³-hybridized carbons (Fsp3) is 0.375. The molecule has 0 amide bonds. The number of hydrogen-bond donors (Lipinski definition) is 1. The lowest BCUT2D eigenvalue weighted by molar-refractivity contribution is 0.379. The molecular weight excluding hydrogens is 250 g/mol. The van der Waals surface area contributed by atoms with E-state index in [9.17, 15) is 0 Å². The van der Waals surface area contributed by atoms with Crippen LogP contribution < -0.4 is 10.1 Å². The van der Waals surface area contributed by atoms with Gasteiger partial charge in [-0.05, 0) is 44.0 Å². The molecule has 0 radical (unpaired) electrons. The van der Waals surface area contributed by atoms with Crippen molar-refractivity contribution in [3.05, 3.63) is 53.0 Å². The van der Waals surface area contributed by atoms with Gasteiger partial charge in [0.25, 0.3) is 0 Å². The normalized spacial score (nSPS) is 12.2. The Balaban J connectivity index is 2.26. The van der Waals surface area contributed by atoms with E-state index >= 15 is 0 Å². The molecule has 0 aliphatic carbocycles. The Bertz CT molecular complexity index is 584. The van der Waals surface area contributed by atoms with Gasteiger partial charge < -0.3 is 10.1 Å². The van der Waals surface area contributed by atoms with Gasteiger partial charge in [0, 0.05) is 12.4 Å². The zero-order valence-electron chi connectivity index (χ0n) is 12.5. The van der Waals surface area contributed by atoms with Gasteiger partial charge in [0.1, 0.15) is 5.69 Å². The summed E-state index contributed by atoms with van der Waals surface area (Å²) in [6.45, 7) is 4.26. The van der Waals surface area contributed by atoms with Gasteiger partial charge in [-0.2, -0.15) is 0 Å². The van der Waals surface area contributed by atoms with E-state index in [0.717, 1.165) is 12.1 Å². The van der Waals surface area contributed by atoms with Crippen LogP contribution in [-0.4, -0.2) is 24.1 Å². The summed E-state index contributed by atoms with van der Waals surface area (Å²) < 4.78 is 5.30. The minimum absolute atomic E-state index is 0.0840. The van der Waals surface area contributed by atoms with Gasteiger partial charge in [-0.15, -0.1) is 0 Å². The first kappa shape index (κ1) is 14.5. The summed E-state index contributed by atoms with van der Waals surface area (Å²) in [5.41, 5.74) is 4.74. The van der Waals surface area contributed by atoms with Gasteiger partial charge in [-0.25, -0.2) is 4.98 Å². The Labute approximate surface area is 120 Å². The van der Waals surface area contributed by atoms with E-state index in [0.29, 0.717) is 5.88 Å². The summed E-state index contributed by atoms with van der Waals surface area (Å²) in [7, 11) is 3.55. The van der Waals surface area contributed by atoms with Crippen LogP contribution >= 0.6 is 0 Å². The maximum absolute atomic E-state index is 5.30. The van der Waals surface area contributed by atoms with Crippen LogP contribution in [0.25, 0.3) is 0 Å². The Morgan fingerprint density at radius 1 is 1.15 bits per heavy atom. The van der Waals surface area contributed by atoms with Crippen LogP contribution in [0.15, 0.2) is 30.6 Å². The van der Waals surface area contributed by atoms with Crippen LogP contribution in [0.2, 0.25) is 0 Å². The zero-order chi connectivity index (χ0) is 14.5. The first-order valence-corrected chi connectivity index (χ1v) is 6.74. The number of aryl methyl sites for hydroxylation is 2.